The van der Waals surface area contributed by atoms with E-state index in [2.05, 4.69) is 11.4 Å². The van der Waals surface area contributed by atoms with E-state index in [9.17, 15) is 0 Å². The maximum absolute atomic E-state index is 8.81. The van der Waals surface area contributed by atoms with Crippen LogP contribution in [0.4, 0.5) is 17.1 Å². The van der Waals surface area contributed by atoms with Crippen molar-refractivity contribution in [2.45, 2.75) is 13.3 Å². The van der Waals surface area contributed by atoms with Gasteiger partial charge in [-0.3, -0.25) is 0 Å². The van der Waals surface area contributed by atoms with Crippen LogP contribution < -0.4 is 15.8 Å². The molecule has 3 N–H and O–H groups in total. The Morgan fingerprint density at radius 1 is 1.33 bits per heavy atom. The van der Waals surface area contributed by atoms with Crippen LogP contribution in [0.1, 0.15) is 11.1 Å². The lowest BCUT2D eigenvalue weighted by atomic mass is 10.1. The maximum Gasteiger partial charge on any atom is 0.143 e. The molecule has 0 atom stereocenters. The van der Waals surface area contributed by atoms with Crippen molar-refractivity contribution in [2.75, 3.05) is 18.2 Å². The number of nitrogen functional groups attached to an aromatic ring is 1. The minimum atomic E-state index is 0.276. The fourth-order valence-corrected chi connectivity index (χ4v) is 2.16. The molecule has 0 aliphatic carbocycles. The van der Waals surface area contributed by atoms with Crippen LogP contribution in [0.2, 0.25) is 5.02 Å². The first kappa shape index (κ1) is 15.0. The number of nitrogens with one attached hydrogen (secondary N) is 1. The maximum atomic E-state index is 8.81. The van der Waals surface area contributed by atoms with Crippen LogP contribution >= 0.6 is 11.6 Å². The predicted octanol–water partition coefficient (Wildman–Crippen LogP) is 4.05. The van der Waals surface area contributed by atoms with Gasteiger partial charge in [0.15, 0.2) is 0 Å². The van der Waals surface area contributed by atoms with E-state index >= 15 is 0 Å². The summed E-state index contributed by atoms with van der Waals surface area (Å²) >= 11 is 6.09. The Bertz CT molecular complexity index is 707. The zero-order valence-electron chi connectivity index (χ0n) is 11.9. The topological polar surface area (TPSA) is 71.1 Å². The first-order valence-electron chi connectivity index (χ1n) is 6.41. The monoisotopic (exact) mass is 301 g/mol. The van der Waals surface area contributed by atoms with E-state index < -0.39 is 0 Å². The third-order valence-corrected chi connectivity index (χ3v) is 3.58. The molecule has 0 spiro atoms. The van der Waals surface area contributed by atoms with Crippen molar-refractivity contribution in [3.05, 3.63) is 46.5 Å². The molecule has 2 rings (SSSR count). The number of halogens is 1. The first-order chi connectivity index (χ1) is 10.0. The van der Waals surface area contributed by atoms with E-state index in [-0.39, 0.29) is 6.42 Å². The van der Waals surface area contributed by atoms with Gasteiger partial charge in [0.25, 0.3) is 0 Å². The Morgan fingerprint density at radius 3 is 2.76 bits per heavy atom. The second kappa shape index (κ2) is 6.38. The number of benzene rings is 2. The molecule has 2 aromatic carbocycles. The number of nitriles is 1. The number of anilines is 3. The summed E-state index contributed by atoms with van der Waals surface area (Å²) in [5.41, 5.74) is 9.86. The van der Waals surface area contributed by atoms with Gasteiger partial charge in [0.2, 0.25) is 0 Å². The molecule has 0 saturated carbocycles. The molecular formula is C16H16ClN3O. The smallest absolute Gasteiger partial charge is 0.143 e. The molecule has 0 radical (unpaired) electrons. The number of hydrogen-bond donors (Lipinski definition) is 2. The molecule has 0 bridgehead atoms. The quantitative estimate of drug-likeness (QED) is 0.836. The van der Waals surface area contributed by atoms with Crippen molar-refractivity contribution < 1.29 is 4.74 Å². The number of nitrogens with zero attached hydrogens (tertiary/aromatic N) is 1. The molecule has 0 aliphatic heterocycles. The molecule has 0 amide bonds. The molecule has 108 valence electrons. The van der Waals surface area contributed by atoms with E-state index in [0.29, 0.717) is 16.5 Å². The highest BCUT2D eigenvalue weighted by atomic mass is 35.5. The lowest BCUT2D eigenvalue weighted by Gasteiger charge is -2.14. The van der Waals surface area contributed by atoms with Crippen LogP contribution in [0.25, 0.3) is 0 Å². The van der Waals surface area contributed by atoms with Crippen molar-refractivity contribution in [3.63, 3.8) is 0 Å². The van der Waals surface area contributed by atoms with Gasteiger partial charge in [0.1, 0.15) is 5.75 Å². The zero-order chi connectivity index (χ0) is 15.4. The van der Waals surface area contributed by atoms with Crippen molar-refractivity contribution in [2.24, 2.45) is 0 Å². The van der Waals surface area contributed by atoms with Gasteiger partial charge < -0.3 is 15.8 Å². The molecule has 21 heavy (non-hydrogen) atoms. The van der Waals surface area contributed by atoms with Gasteiger partial charge in [-0.1, -0.05) is 11.6 Å². The predicted molar refractivity (Wildman–Crippen MR) is 86.2 cm³/mol. The highest BCUT2D eigenvalue weighted by Gasteiger charge is 2.08. The zero-order valence-corrected chi connectivity index (χ0v) is 12.7. The van der Waals surface area contributed by atoms with Gasteiger partial charge in [-0.2, -0.15) is 5.26 Å². The van der Waals surface area contributed by atoms with Crippen LogP contribution in [0.15, 0.2) is 30.3 Å². The van der Waals surface area contributed by atoms with Gasteiger partial charge in [-0.05, 0) is 42.3 Å². The average molecular weight is 302 g/mol. The summed E-state index contributed by atoms with van der Waals surface area (Å²) in [5, 5.41) is 12.7. The van der Waals surface area contributed by atoms with Crippen LogP contribution in [0.3, 0.4) is 0 Å². The minimum Gasteiger partial charge on any atom is -0.495 e. The molecular weight excluding hydrogens is 286 g/mol. The SMILES string of the molecule is COc1cc(Cl)c(C)cc1Nc1ccc(N)c(CC#N)c1. The van der Waals surface area contributed by atoms with Crippen molar-refractivity contribution in [3.8, 4) is 11.8 Å². The van der Waals surface area contributed by atoms with Crippen LogP contribution in [-0.4, -0.2) is 7.11 Å². The summed E-state index contributed by atoms with van der Waals surface area (Å²) in [6.07, 6.45) is 0.276. The van der Waals surface area contributed by atoms with Crippen molar-refractivity contribution >= 4 is 28.7 Å². The lowest BCUT2D eigenvalue weighted by Crippen LogP contribution is -1.99. The van der Waals surface area contributed by atoms with E-state index in [1.807, 2.05) is 25.1 Å². The number of rotatable bonds is 4. The Hall–Kier alpha value is -2.38. The number of methoxy groups -OCH3 is 1. The fraction of sp³-hybridized carbons (Fsp3) is 0.188. The van der Waals surface area contributed by atoms with Gasteiger partial charge >= 0.3 is 0 Å². The van der Waals surface area contributed by atoms with Gasteiger partial charge in [0, 0.05) is 22.5 Å². The summed E-state index contributed by atoms with van der Waals surface area (Å²) < 4.78 is 5.33. The molecule has 0 unspecified atom stereocenters. The highest BCUT2D eigenvalue weighted by molar-refractivity contribution is 6.31. The van der Waals surface area contributed by atoms with E-state index in [4.69, 9.17) is 27.3 Å². The molecule has 0 saturated heterocycles. The highest BCUT2D eigenvalue weighted by Crippen LogP contribution is 2.33. The van der Waals surface area contributed by atoms with E-state index in [1.54, 1.807) is 19.2 Å². The largest absolute Gasteiger partial charge is 0.495 e. The normalized spacial score (nSPS) is 10.0. The van der Waals surface area contributed by atoms with Gasteiger partial charge in [-0.15, -0.1) is 0 Å². The molecule has 0 aromatic heterocycles. The molecule has 0 heterocycles. The molecule has 0 fully saturated rings. The third kappa shape index (κ3) is 3.39. The summed E-state index contributed by atoms with van der Waals surface area (Å²) in [7, 11) is 1.59. The minimum absolute atomic E-state index is 0.276. The summed E-state index contributed by atoms with van der Waals surface area (Å²) in [6, 6.07) is 11.3. The molecule has 5 heteroatoms. The standard InChI is InChI=1S/C16H16ClN3O/c1-10-7-15(16(21-2)9-13(10)17)20-12-3-4-14(19)11(8-12)5-6-18/h3-4,7-9,20H,5,19H2,1-2H3. The third-order valence-electron chi connectivity index (χ3n) is 3.17. The number of aryl methyl sites for hydroxylation is 1. The van der Waals surface area contributed by atoms with Crippen molar-refractivity contribution in [1.82, 2.24) is 0 Å². The Kier molecular flexibility index (Phi) is 4.56. The number of hydrogen-bond acceptors (Lipinski definition) is 4. The van der Waals surface area contributed by atoms with Gasteiger partial charge in [0.05, 0.1) is 25.3 Å². The lowest BCUT2D eigenvalue weighted by molar-refractivity contribution is 0.417. The molecule has 2 aromatic rings. The number of ether oxygens (including phenoxy) is 1. The van der Waals surface area contributed by atoms with Gasteiger partial charge in [-0.25, -0.2) is 0 Å². The first-order valence-corrected chi connectivity index (χ1v) is 6.79. The number of nitrogens with two attached hydrogens (primary N) is 1. The fourth-order valence-electron chi connectivity index (χ4n) is 2.01. The second-order valence-corrected chi connectivity index (χ2v) is 5.08. The Labute approximate surface area is 129 Å². The summed E-state index contributed by atoms with van der Waals surface area (Å²) in [5.74, 6) is 0.657. The van der Waals surface area contributed by atoms with E-state index in [1.165, 1.54) is 0 Å². The van der Waals surface area contributed by atoms with Crippen LogP contribution in [0.5, 0.6) is 5.75 Å². The van der Waals surface area contributed by atoms with Crippen molar-refractivity contribution in [1.29, 1.82) is 5.26 Å². The van der Waals surface area contributed by atoms with Crippen LogP contribution in [0, 0.1) is 18.3 Å². The summed E-state index contributed by atoms with van der Waals surface area (Å²) in [6.45, 7) is 1.93. The Morgan fingerprint density at radius 2 is 2.10 bits per heavy atom. The Balaban J connectivity index is 2.36. The molecule has 4 nitrogen and oxygen atoms in total. The van der Waals surface area contributed by atoms with E-state index in [0.717, 1.165) is 22.5 Å². The van der Waals surface area contributed by atoms with Crippen LogP contribution in [-0.2, 0) is 6.42 Å². The second-order valence-electron chi connectivity index (χ2n) is 4.68. The average Bonchev–Trinajstić information content (AvgIpc) is 2.46. The summed E-state index contributed by atoms with van der Waals surface area (Å²) in [4.78, 5) is 0. The molecule has 0 aliphatic rings.